The van der Waals surface area contributed by atoms with Crippen molar-refractivity contribution in [2.45, 2.75) is 38.0 Å². The van der Waals surface area contributed by atoms with E-state index in [1.54, 1.807) is 0 Å². The van der Waals surface area contributed by atoms with Crippen LogP contribution in [0.4, 0.5) is 5.69 Å². The Morgan fingerprint density at radius 1 is 1.09 bits per heavy atom. The number of fused-ring (bicyclic) bond motifs is 1. The SMILES string of the molecule is CCCc1ccc(C(Cl)CN2CCCc3ccccc32)cc1. The second kappa shape index (κ2) is 7.19. The van der Waals surface area contributed by atoms with Crippen molar-refractivity contribution in [3.05, 3.63) is 65.2 Å². The summed E-state index contributed by atoms with van der Waals surface area (Å²) in [4.78, 5) is 2.44. The maximum atomic E-state index is 6.69. The topological polar surface area (TPSA) is 3.24 Å². The van der Waals surface area contributed by atoms with E-state index in [0.29, 0.717) is 0 Å². The summed E-state index contributed by atoms with van der Waals surface area (Å²) in [6, 6.07) is 17.5. The second-order valence-electron chi connectivity index (χ2n) is 6.14. The summed E-state index contributed by atoms with van der Waals surface area (Å²) in [6.07, 6.45) is 4.74. The number of nitrogens with zero attached hydrogens (tertiary/aromatic N) is 1. The number of hydrogen-bond acceptors (Lipinski definition) is 1. The Bertz CT molecular complexity index is 605. The van der Waals surface area contributed by atoms with Crippen LogP contribution in [0.2, 0.25) is 0 Å². The molecule has 0 radical (unpaired) electrons. The van der Waals surface area contributed by atoms with Gasteiger partial charge in [-0.2, -0.15) is 0 Å². The fraction of sp³-hybridized carbons (Fsp3) is 0.400. The average molecular weight is 314 g/mol. The van der Waals surface area contributed by atoms with E-state index in [9.17, 15) is 0 Å². The minimum atomic E-state index is 0.0434. The third-order valence-corrected chi connectivity index (χ3v) is 4.86. The van der Waals surface area contributed by atoms with Gasteiger partial charge in [0.05, 0.1) is 5.38 Å². The van der Waals surface area contributed by atoms with Gasteiger partial charge < -0.3 is 4.90 Å². The quantitative estimate of drug-likeness (QED) is 0.671. The van der Waals surface area contributed by atoms with E-state index < -0.39 is 0 Å². The van der Waals surface area contributed by atoms with Crippen LogP contribution in [0.15, 0.2) is 48.5 Å². The third kappa shape index (κ3) is 3.47. The number of aryl methyl sites for hydroxylation is 2. The summed E-state index contributed by atoms with van der Waals surface area (Å²) in [5, 5.41) is 0.0434. The normalized spacial score (nSPS) is 15.5. The molecule has 116 valence electrons. The number of alkyl halides is 1. The van der Waals surface area contributed by atoms with Gasteiger partial charge >= 0.3 is 0 Å². The molecule has 22 heavy (non-hydrogen) atoms. The largest absolute Gasteiger partial charge is 0.369 e. The maximum absolute atomic E-state index is 6.69. The van der Waals surface area contributed by atoms with Crippen LogP contribution in [0.25, 0.3) is 0 Å². The van der Waals surface area contributed by atoms with E-state index in [2.05, 4.69) is 60.4 Å². The first-order valence-electron chi connectivity index (χ1n) is 8.33. The molecule has 1 nitrogen and oxygen atoms in total. The van der Waals surface area contributed by atoms with Gasteiger partial charge in [0.1, 0.15) is 0 Å². The molecule has 0 aliphatic carbocycles. The van der Waals surface area contributed by atoms with E-state index in [0.717, 1.165) is 19.5 Å². The average Bonchev–Trinajstić information content (AvgIpc) is 2.56. The van der Waals surface area contributed by atoms with Gasteiger partial charge in [-0.1, -0.05) is 55.8 Å². The predicted octanol–water partition coefficient (Wildman–Crippen LogP) is 5.37. The number of benzene rings is 2. The van der Waals surface area contributed by atoms with Gasteiger partial charge in [-0.3, -0.25) is 0 Å². The van der Waals surface area contributed by atoms with Gasteiger partial charge in [0.25, 0.3) is 0 Å². The minimum Gasteiger partial charge on any atom is -0.369 e. The van der Waals surface area contributed by atoms with Crippen molar-refractivity contribution < 1.29 is 0 Å². The van der Waals surface area contributed by atoms with E-state index in [-0.39, 0.29) is 5.38 Å². The molecule has 0 bridgehead atoms. The monoisotopic (exact) mass is 313 g/mol. The highest BCUT2D eigenvalue weighted by Crippen LogP contribution is 2.30. The Hall–Kier alpha value is -1.47. The number of halogens is 1. The maximum Gasteiger partial charge on any atom is 0.0760 e. The summed E-state index contributed by atoms with van der Waals surface area (Å²) in [5.41, 5.74) is 5.45. The van der Waals surface area contributed by atoms with E-state index in [4.69, 9.17) is 11.6 Å². The zero-order valence-corrected chi connectivity index (χ0v) is 14.0. The van der Waals surface area contributed by atoms with Crippen LogP contribution in [-0.2, 0) is 12.8 Å². The summed E-state index contributed by atoms with van der Waals surface area (Å²) >= 11 is 6.69. The highest BCUT2D eigenvalue weighted by molar-refractivity contribution is 6.21. The molecule has 0 saturated carbocycles. The summed E-state index contributed by atoms with van der Waals surface area (Å²) < 4.78 is 0. The lowest BCUT2D eigenvalue weighted by Gasteiger charge is -2.32. The number of para-hydroxylation sites is 1. The van der Waals surface area contributed by atoms with Gasteiger partial charge in [0.2, 0.25) is 0 Å². The van der Waals surface area contributed by atoms with Crippen LogP contribution in [-0.4, -0.2) is 13.1 Å². The highest BCUT2D eigenvalue weighted by atomic mass is 35.5. The minimum absolute atomic E-state index is 0.0434. The first-order valence-corrected chi connectivity index (χ1v) is 8.77. The standard InChI is InChI=1S/C20H24ClN/c1-2-6-16-10-12-17(13-11-16)19(21)15-22-14-5-8-18-7-3-4-9-20(18)22/h3-4,7,9-13,19H,2,5-6,8,14-15H2,1H3. The fourth-order valence-electron chi connectivity index (χ4n) is 3.28. The summed E-state index contributed by atoms with van der Waals surface area (Å²) in [6.45, 7) is 4.20. The van der Waals surface area contributed by atoms with Crippen LogP contribution >= 0.6 is 11.6 Å². The molecule has 1 unspecified atom stereocenters. The Morgan fingerprint density at radius 3 is 2.64 bits per heavy atom. The van der Waals surface area contributed by atoms with Crippen LogP contribution in [0.1, 0.15) is 41.8 Å². The lowest BCUT2D eigenvalue weighted by molar-refractivity contribution is 0.680. The molecule has 2 aromatic carbocycles. The molecule has 1 heterocycles. The molecular weight excluding hydrogens is 290 g/mol. The molecule has 1 aliphatic heterocycles. The highest BCUT2D eigenvalue weighted by Gasteiger charge is 2.19. The van der Waals surface area contributed by atoms with Crippen molar-refractivity contribution in [3.8, 4) is 0 Å². The van der Waals surface area contributed by atoms with E-state index in [1.807, 2.05) is 0 Å². The van der Waals surface area contributed by atoms with Crippen molar-refractivity contribution in [1.29, 1.82) is 0 Å². The molecule has 0 aromatic heterocycles. The van der Waals surface area contributed by atoms with Crippen molar-refractivity contribution in [3.63, 3.8) is 0 Å². The summed E-state index contributed by atoms with van der Waals surface area (Å²) in [7, 11) is 0. The molecule has 0 N–H and O–H groups in total. The molecule has 0 spiro atoms. The van der Waals surface area contributed by atoms with Gasteiger partial charge in [-0.15, -0.1) is 11.6 Å². The smallest absolute Gasteiger partial charge is 0.0760 e. The van der Waals surface area contributed by atoms with E-state index in [1.165, 1.54) is 41.6 Å². The third-order valence-electron chi connectivity index (χ3n) is 4.47. The van der Waals surface area contributed by atoms with Gasteiger partial charge in [0.15, 0.2) is 0 Å². The van der Waals surface area contributed by atoms with Crippen molar-refractivity contribution in [2.24, 2.45) is 0 Å². The molecule has 1 atom stereocenters. The second-order valence-corrected chi connectivity index (χ2v) is 6.66. The molecule has 0 fully saturated rings. The van der Waals surface area contributed by atoms with Gasteiger partial charge in [-0.05, 0) is 42.0 Å². The van der Waals surface area contributed by atoms with Crippen molar-refractivity contribution in [2.75, 3.05) is 18.0 Å². The lowest BCUT2D eigenvalue weighted by atomic mass is 10.0. The lowest BCUT2D eigenvalue weighted by Crippen LogP contribution is -2.32. The Morgan fingerprint density at radius 2 is 1.86 bits per heavy atom. The Labute approximate surface area is 138 Å². The first-order chi connectivity index (χ1) is 10.8. The Balaban J connectivity index is 1.70. The number of anilines is 1. The first kappa shape index (κ1) is 15.4. The van der Waals surface area contributed by atoms with Crippen LogP contribution in [0.5, 0.6) is 0 Å². The molecule has 3 rings (SSSR count). The van der Waals surface area contributed by atoms with E-state index >= 15 is 0 Å². The summed E-state index contributed by atoms with van der Waals surface area (Å²) in [5.74, 6) is 0. The zero-order chi connectivity index (χ0) is 15.4. The van der Waals surface area contributed by atoms with Crippen LogP contribution < -0.4 is 4.90 Å². The predicted molar refractivity (Wildman–Crippen MR) is 96.0 cm³/mol. The van der Waals surface area contributed by atoms with Crippen LogP contribution in [0, 0.1) is 0 Å². The zero-order valence-electron chi connectivity index (χ0n) is 13.3. The molecule has 2 aromatic rings. The van der Waals surface area contributed by atoms with Gasteiger partial charge in [-0.25, -0.2) is 0 Å². The van der Waals surface area contributed by atoms with Crippen LogP contribution in [0.3, 0.4) is 0 Å². The Kier molecular flexibility index (Phi) is 5.04. The molecule has 0 amide bonds. The van der Waals surface area contributed by atoms with Crippen molar-refractivity contribution in [1.82, 2.24) is 0 Å². The number of hydrogen-bond donors (Lipinski definition) is 0. The van der Waals surface area contributed by atoms with Crippen molar-refractivity contribution >= 4 is 17.3 Å². The number of rotatable bonds is 5. The molecule has 1 aliphatic rings. The molecular formula is C20H24ClN. The van der Waals surface area contributed by atoms with Gasteiger partial charge in [0, 0.05) is 18.8 Å². The molecule has 0 saturated heterocycles. The molecule has 2 heteroatoms. The fourth-order valence-corrected chi connectivity index (χ4v) is 3.59.